The minimum absolute atomic E-state index is 0.127. The number of furan rings is 1. The van der Waals surface area contributed by atoms with Crippen LogP contribution in [0.25, 0.3) is 91.9 Å². The summed E-state index contributed by atoms with van der Waals surface area (Å²) in [6, 6.07) is 51.7. The van der Waals surface area contributed by atoms with E-state index < -0.39 is 0 Å². The summed E-state index contributed by atoms with van der Waals surface area (Å²) in [7, 11) is 0. The maximum atomic E-state index is 6.67. The molecule has 0 saturated carbocycles. The molecule has 0 amide bonds. The Hall–Kier alpha value is -6.36. The largest absolute Gasteiger partial charge is 0.455 e. The maximum absolute atomic E-state index is 6.67. The summed E-state index contributed by atoms with van der Waals surface area (Å²) in [5, 5.41) is 8.00. The highest BCUT2D eigenvalue weighted by Crippen LogP contribution is 2.44. The molecule has 11 rings (SSSR count). The molecular weight excluding hydrogens is 653 g/mol. The molecule has 1 unspecified atom stereocenters. The lowest BCUT2D eigenvalue weighted by Gasteiger charge is -2.18. The van der Waals surface area contributed by atoms with E-state index in [2.05, 4.69) is 158 Å². The van der Waals surface area contributed by atoms with E-state index in [1.165, 1.54) is 37.6 Å². The lowest BCUT2D eigenvalue weighted by molar-refractivity contribution is 0.673. The molecule has 0 fully saturated rings. The van der Waals surface area contributed by atoms with Crippen molar-refractivity contribution in [2.24, 2.45) is 0 Å². The van der Waals surface area contributed by atoms with Gasteiger partial charge in [-0.2, -0.15) is 0 Å². The van der Waals surface area contributed by atoms with Gasteiger partial charge in [0.2, 0.25) is 0 Å². The van der Waals surface area contributed by atoms with Gasteiger partial charge in [-0.25, -0.2) is 9.97 Å². The van der Waals surface area contributed by atoms with Crippen LogP contribution in [0.3, 0.4) is 0 Å². The lowest BCUT2D eigenvalue weighted by Crippen LogP contribution is -2.04. The van der Waals surface area contributed by atoms with Crippen LogP contribution in [-0.4, -0.2) is 9.97 Å². The first-order valence-corrected chi connectivity index (χ1v) is 18.6. The van der Waals surface area contributed by atoms with Crippen LogP contribution in [0, 0.1) is 0 Å². The third-order valence-corrected chi connectivity index (χ3v) is 11.8. The second-order valence-electron chi connectivity index (χ2n) is 13.7. The molecule has 0 aliphatic heterocycles. The molecule has 0 bridgehead atoms. The van der Waals surface area contributed by atoms with Crippen molar-refractivity contribution in [2.75, 3.05) is 0 Å². The molecule has 0 spiro atoms. The molecule has 7 aromatic carbocycles. The normalized spacial score (nSPS) is 14.7. The first kappa shape index (κ1) is 29.4. The van der Waals surface area contributed by atoms with Gasteiger partial charge in [-0.15, -0.1) is 11.3 Å². The third kappa shape index (κ3) is 4.65. The number of rotatable bonds is 4. The van der Waals surface area contributed by atoms with Gasteiger partial charge in [-0.3, -0.25) is 0 Å². The molecule has 0 radical (unpaired) electrons. The van der Waals surface area contributed by atoms with Crippen LogP contribution < -0.4 is 0 Å². The second-order valence-corrected chi connectivity index (χ2v) is 14.7. The fourth-order valence-corrected chi connectivity index (χ4v) is 9.18. The number of allylic oxidation sites excluding steroid dienone is 4. The number of aromatic nitrogens is 2. The molecule has 1 aliphatic rings. The summed E-state index contributed by atoms with van der Waals surface area (Å²) < 4.78 is 9.06. The Balaban J connectivity index is 1.08. The number of fused-ring (bicyclic) bond motifs is 9. The van der Waals surface area contributed by atoms with E-state index in [1.807, 2.05) is 6.07 Å². The number of nitrogens with zero attached hydrogens (tertiary/aromatic N) is 2. The predicted molar refractivity (Wildman–Crippen MR) is 219 cm³/mol. The van der Waals surface area contributed by atoms with E-state index >= 15 is 0 Å². The van der Waals surface area contributed by atoms with Crippen molar-refractivity contribution >= 4 is 80.7 Å². The Bertz CT molecular complexity index is 3110. The van der Waals surface area contributed by atoms with Gasteiger partial charge in [0.15, 0.2) is 5.82 Å². The van der Waals surface area contributed by atoms with Crippen LogP contribution in [0.5, 0.6) is 0 Å². The number of hydrogen-bond acceptors (Lipinski definition) is 4. The summed E-state index contributed by atoms with van der Waals surface area (Å²) in [6.07, 6.45) is 7.87. The summed E-state index contributed by atoms with van der Waals surface area (Å²) in [4.78, 5) is 10.9. The standard InChI is InChI=1S/C48H30N2OS/c1-2-10-29(11-3-1)35-24-25-37-40-28-41(36-14-6-7-15-38(36)46(40)51-42(37)27-35)48-49-44(47-45(50-48)39-16-8-9-17-43(39)52-47)32-21-18-31(19-22-32)34-23-20-30-12-4-5-13-33(30)26-34/h1-21,23-28,32H,22H2. The molecular formula is C48H30N2OS. The molecule has 3 aromatic heterocycles. The molecule has 4 heteroatoms. The average Bonchev–Trinajstić information content (AvgIpc) is 3.78. The van der Waals surface area contributed by atoms with Crippen LogP contribution in [0.4, 0.5) is 0 Å². The van der Waals surface area contributed by atoms with E-state index in [0.717, 1.165) is 72.0 Å². The van der Waals surface area contributed by atoms with Crippen LogP contribution >= 0.6 is 11.3 Å². The number of benzene rings is 7. The minimum Gasteiger partial charge on any atom is -0.455 e. The first-order valence-electron chi connectivity index (χ1n) is 17.8. The van der Waals surface area contributed by atoms with Gasteiger partial charge in [-0.1, -0.05) is 133 Å². The minimum atomic E-state index is 0.127. The Morgan fingerprint density at radius 2 is 1.35 bits per heavy atom. The van der Waals surface area contributed by atoms with Crippen molar-refractivity contribution in [2.45, 2.75) is 12.3 Å². The quantitative estimate of drug-likeness (QED) is 0.185. The van der Waals surface area contributed by atoms with Gasteiger partial charge in [0.1, 0.15) is 11.2 Å². The summed E-state index contributed by atoms with van der Waals surface area (Å²) in [5.41, 5.74) is 9.69. The van der Waals surface area contributed by atoms with E-state index in [0.29, 0.717) is 0 Å². The van der Waals surface area contributed by atoms with Gasteiger partial charge in [0.05, 0.1) is 15.9 Å². The summed E-state index contributed by atoms with van der Waals surface area (Å²) in [6.45, 7) is 0. The van der Waals surface area contributed by atoms with Gasteiger partial charge in [-0.05, 0) is 75.2 Å². The number of thiophene rings is 1. The topological polar surface area (TPSA) is 38.9 Å². The van der Waals surface area contributed by atoms with Crippen LogP contribution in [0.15, 0.2) is 168 Å². The fraction of sp³-hybridized carbons (Fsp3) is 0.0417. The Kier molecular flexibility index (Phi) is 6.55. The molecule has 3 nitrogen and oxygen atoms in total. The zero-order chi connectivity index (χ0) is 34.2. The van der Waals surface area contributed by atoms with Gasteiger partial charge >= 0.3 is 0 Å². The van der Waals surface area contributed by atoms with Gasteiger partial charge in [0.25, 0.3) is 0 Å². The van der Waals surface area contributed by atoms with Crippen LogP contribution in [0.2, 0.25) is 0 Å². The second kappa shape index (κ2) is 11.6. The lowest BCUT2D eigenvalue weighted by atomic mass is 9.90. The SMILES string of the molecule is C1=CC(c2nc(-c3cc4c5ccc(-c6ccccc6)cc5oc4c4ccccc34)nc3c2sc2ccccc23)CC=C1c1ccc2ccccc2c1. The van der Waals surface area contributed by atoms with Crippen molar-refractivity contribution in [1.82, 2.24) is 9.97 Å². The third-order valence-electron chi connectivity index (χ3n) is 10.6. The van der Waals surface area contributed by atoms with E-state index in [4.69, 9.17) is 14.4 Å². The molecule has 3 heterocycles. The molecule has 1 aliphatic carbocycles. The Labute approximate surface area is 303 Å². The molecule has 0 saturated heterocycles. The monoisotopic (exact) mass is 682 g/mol. The highest BCUT2D eigenvalue weighted by Gasteiger charge is 2.24. The molecule has 244 valence electrons. The highest BCUT2D eigenvalue weighted by molar-refractivity contribution is 7.25. The molecule has 10 aromatic rings. The first-order chi connectivity index (χ1) is 25.7. The summed E-state index contributed by atoms with van der Waals surface area (Å²) in [5.74, 6) is 0.875. The zero-order valence-electron chi connectivity index (χ0n) is 28.1. The van der Waals surface area contributed by atoms with E-state index in [-0.39, 0.29) is 5.92 Å². The van der Waals surface area contributed by atoms with Gasteiger partial charge in [0, 0.05) is 37.7 Å². The molecule has 52 heavy (non-hydrogen) atoms. The average molecular weight is 683 g/mol. The molecule has 1 atom stereocenters. The van der Waals surface area contributed by atoms with E-state index in [9.17, 15) is 0 Å². The molecule has 0 N–H and O–H groups in total. The van der Waals surface area contributed by atoms with Crippen LogP contribution in [-0.2, 0) is 0 Å². The van der Waals surface area contributed by atoms with Crippen molar-refractivity contribution in [1.29, 1.82) is 0 Å². The highest BCUT2D eigenvalue weighted by atomic mass is 32.1. The Morgan fingerprint density at radius 3 is 2.21 bits per heavy atom. The van der Waals surface area contributed by atoms with Crippen molar-refractivity contribution < 1.29 is 4.42 Å². The maximum Gasteiger partial charge on any atom is 0.160 e. The predicted octanol–water partition coefficient (Wildman–Crippen LogP) is 13.5. The fourth-order valence-electron chi connectivity index (χ4n) is 7.98. The van der Waals surface area contributed by atoms with Crippen LogP contribution in [0.1, 0.15) is 23.6 Å². The van der Waals surface area contributed by atoms with Crippen molar-refractivity contribution in [3.8, 4) is 22.5 Å². The van der Waals surface area contributed by atoms with Crippen molar-refractivity contribution in [3.05, 3.63) is 175 Å². The van der Waals surface area contributed by atoms with E-state index in [1.54, 1.807) is 11.3 Å². The van der Waals surface area contributed by atoms with Gasteiger partial charge < -0.3 is 4.42 Å². The Morgan fingerprint density at radius 1 is 0.577 bits per heavy atom. The smallest absolute Gasteiger partial charge is 0.160 e. The zero-order valence-corrected chi connectivity index (χ0v) is 28.9. The summed E-state index contributed by atoms with van der Waals surface area (Å²) >= 11 is 1.80. The number of hydrogen-bond donors (Lipinski definition) is 0. The van der Waals surface area contributed by atoms with Crippen molar-refractivity contribution in [3.63, 3.8) is 0 Å².